The van der Waals surface area contributed by atoms with E-state index in [1.54, 1.807) is 43.3 Å². The fraction of sp³-hybridized carbons (Fsp3) is 0.136. The van der Waals surface area contributed by atoms with Crippen LogP contribution < -0.4 is 10.6 Å². The molecule has 30 heavy (non-hydrogen) atoms. The van der Waals surface area contributed by atoms with Gasteiger partial charge in [0.15, 0.2) is 0 Å². The Morgan fingerprint density at radius 2 is 1.77 bits per heavy atom. The van der Waals surface area contributed by atoms with Crippen LogP contribution in [0, 0.1) is 0 Å². The summed E-state index contributed by atoms with van der Waals surface area (Å²) in [6.07, 6.45) is 0. The van der Waals surface area contributed by atoms with Crippen molar-refractivity contribution in [3.63, 3.8) is 0 Å². The molecule has 0 aliphatic rings. The Morgan fingerprint density at radius 1 is 0.967 bits per heavy atom. The maximum atomic E-state index is 12.2. The second kappa shape index (κ2) is 10.6. The first-order valence-corrected chi connectivity index (χ1v) is 11.1. The number of amides is 2. The van der Waals surface area contributed by atoms with E-state index in [0.717, 1.165) is 4.90 Å². The number of esters is 1. The molecule has 0 saturated carbocycles. The van der Waals surface area contributed by atoms with Crippen LogP contribution in [-0.2, 0) is 9.53 Å². The van der Waals surface area contributed by atoms with Crippen molar-refractivity contribution in [2.75, 3.05) is 23.0 Å². The highest BCUT2D eigenvalue weighted by Crippen LogP contribution is 2.23. The minimum absolute atomic E-state index is 0.156. The third kappa shape index (κ3) is 6.20. The molecular weight excluding hydrogens is 420 g/mol. The van der Waals surface area contributed by atoms with Crippen molar-refractivity contribution in [3.8, 4) is 0 Å². The highest BCUT2D eigenvalue weighted by atomic mass is 32.2. The van der Waals surface area contributed by atoms with Gasteiger partial charge in [-0.2, -0.15) is 0 Å². The smallest absolute Gasteiger partial charge is 0.338 e. The summed E-state index contributed by atoms with van der Waals surface area (Å²) in [6.45, 7) is 2.06. The third-order valence-corrected chi connectivity index (χ3v) is 5.75. The van der Waals surface area contributed by atoms with Crippen molar-refractivity contribution in [2.24, 2.45) is 0 Å². The van der Waals surface area contributed by atoms with Crippen LogP contribution in [0.15, 0.2) is 70.9 Å². The predicted octanol–water partition coefficient (Wildman–Crippen LogP) is 4.91. The Morgan fingerprint density at radius 3 is 2.47 bits per heavy atom. The maximum absolute atomic E-state index is 12.2. The van der Waals surface area contributed by atoms with Gasteiger partial charge < -0.3 is 15.4 Å². The number of hydrogen-bond donors (Lipinski definition) is 2. The van der Waals surface area contributed by atoms with Gasteiger partial charge in [0.05, 0.1) is 22.8 Å². The van der Waals surface area contributed by atoms with Crippen LogP contribution >= 0.6 is 23.1 Å². The third-order valence-electron chi connectivity index (χ3n) is 3.89. The molecule has 8 heteroatoms. The van der Waals surface area contributed by atoms with Gasteiger partial charge in [0, 0.05) is 16.3 Å². The lowest BCUT2D eigenvalue weighted by Crippen LogP contribution is -2.14. The van der Waals surface area contributed by atoms with Gasteiger partial charge in [-0.3, -0.25) is 9.59 Å². The number of carbonyl (C=O) groups is 3. The number of thiophene rings is 1. The summed E-state index contributed by atoms with van der Waals surface area (Å²) >= 11 is 2.74. The number of ether oxygens (including phenoxy) is 1. The molecule has 2 aromatic carbocycles. The summed E-state index contributed by atoms with van der Waals surface area (Å²) < 4.78 is 4.94. The van der Waals surface area contributed by atoms with Gasteiger partial charge in [-0.05, 0) is 60.8 Å². The molecule has 2 N–H and O–H groups in total. The Balaban J connectivity index is 1.51. The fourth-order valence-corrected chi connectivity index (χ4v) is 3.89. The molecule has 1 heterocycles. The van der Waals surface area contributed by atoms with Gasteiger partial charge in [-0.1, -0.05) is 12.1 Å². The van der Waals surface area contributed by atoms with Crippen molar-refractivity contribution in [2.45, 2.75) is 11.8 Å². The SMILES string of the molecule is CCOC(=O)c1ccc(NC(=O)CSc2cccc(NC(=O)c3cccs3)c2)cc1. The van der Waals surface area contributed by atoms with Crippen LogP contribution in [0.2, 0.25) is 0 Å². The van der Waals surface area contributed by atoms with Gasteiger partial charge in [0.1, 0.15) is 0 Å². The van der Waals surface area contributed by atoms with Crippen molar-refractivity contribution in [1.29, 1.82) is 0 Å². The zero-order valence-electron chi connectivity index (χ0n) is 16.2. The lowest BCUT2D eigenvalue weighted by Gasteiger charge is -2.08. The van der Waals surface area contributed by atoms with E-state index in [9.17, 15) is 14.4 Å². The van der Waals surface area contributed by atoms with Crippen LogP contribution in [0.1, 0.15) is 27.0 Å². The number of carbonyl (C=O) groups excluding carboxylic acids is 3. The van der Waals surface area contributed by atoms with Crippen molar-refractivity contribution >= 4 is 52.3 Å². The molecule has 1 aromatic heterocycles. The van der Waals surface area contributed by atoms with E-state index in [1.165, 1.54) is 23.1 Å². The summed E-state index contributed by atoms with van der Waals surface area (Å²) in [6, 6.07) is 17.5. The summed E-state index contributed by atoms with van der Waals surface area (Å²) in [5, 5.41) is 7.50. The quantitative estimate of drug-likeness (QED) is 0.384. The standard InChI is InChI=1S/C22H20N2O4S2/c1-2-28-22(27)15-8-10-16(11-9-15)23-20(25)14-30-18-6-3-5-17(13-18)24-21(26)19-7-4-12-29-19/h3-13H,2,14H2,1H3,(H,23,25)(H,24,26). The first-order valence-electron chi connectivity index (χ1n) is 9.20. The Bertz CT molecular complexity index is 1020. The topological polar surface area (TPSA) is 84.5 Å². The van der Waals surface area contributed by atoms with E-state index in [1.807, 2.05) is 29.6 Å². The minimum atomic E-state index is -0.392. The molecule has 0 radical (unpaired) electrons. The Kier molecular flexibility index (Phi) is 7.64. The van der Waals surface area contributed by atoms with E-state index >= 15 is 0 Å². The summed E-state index contributed by atoms with van der Waals surface area (Å²) in [5.41, 5.74) is 1.71. The van der Waals surface area contributed by atoms with Crippen molar-refractivity contribution < 1.29 is 19.1 Å². The second-order valence-corrected chi connectivity index (χ2v) is 8.09. The van der Waals surface area contributed by atoms with E-state index in [2.05, 4.69) is 10.6 Å². The molecular formula is C22H20N2O4S2. The molecule has 0 atom stereocenters. The van der Waals surface area contributed by atoms with E-state index in [-0.39, 0.29) is 17.6 Å². The zero-order chi connectivity index (χ0) is 21.3. The lowest BCUT2D eigenvalue weighted by molar-refractivity contribution is -0.113. The zero-order valence-corrected chi connectivity index (χ0v) is 17.8. The average molecular weight is 441 g/mol. The van der Waals surface area contributed by atoms with Crippen LogP contribution in [0.25, 0.3) is 0 Å². The van der Waals surface area contributed by atoms with Crippen LogP contribution in [0.5, 0.6) is 0 Å². The predicted molar refractivity (Wildman–Crippen MR) is 120 cm³/mol. The largest absolute Gasteiger partial charge is 0.462 e. The summed E-state index contributed by atoms with van der Waals surface area (Å²) in [4.78, 5) is 37.6. The molecule has 3 aromatic rings. The first-order chi connectivity index (χ1) is 14.5. The van der Waals surface area contributed by atoms with Gasteiger partial charge in [-0.15, -0.1) is 23.1 Å². The number of anilines is 2. The fourth-order valence-electron chi connectivity index (χ4n) is 2.51. The van der Waals surface area contributed by atoms with Gasteiger partial charge in [-0.25, -0.2) is 4.79 Å². The maximum Gasteiger partial charge on any atom is 0.338 e. The highest BCUT2D eigenvalue weighted by Gasteiger charge is 2.09. The number of rotatable bonds is 8. The van der Waals surface area contributed by atoms with Crippen molar-refractivity contribution in [1.82, 2.24) is 0 Å². The molecule has 2 amide bonds. The number of benzene rings is 2. The molecule has 6 nitrogen and oxygen atoms in total. The molecule has 0 spiro atoms. The van der Waals surface area contributed by atoms with Gasteiger partial charge in [0.2, 0.25) is 5.91 Å². The average Bonchev–Trinajstić information content (AvgIpc) is 3.28. The van der Waals surface area contributed by atoms with Crippen molar-refractivity contribution in [3.05, 3.63) is 76.5 Å². The molecule has 0 saturated heterocycles. The van der Waals surface area contributed by atoms with Gasteiger partial charge >= 0.3 is 5.97 Å². The molecule has 0 unspecified atom stereocenters. The van der Waals surface area contributed by atoms with Gasteiger partial charge in [0.25, 0.3) is 5.91 Å². The molecule has 0 bridgehead atoms. The molecule has 0 fully saturated rings. The minimum Gasteiger partial charge on any atom is -0.462 e. The normalized spacial score (nSPS) is 10.3. The van der Waals surface area contributed by atoms with Crippen LogP contribution in [-0.4, -0.2) is 30.1 Å². The van der Waals surface area contributed by atoms with Crippen LogP contribution in [0.4, 0.5) is 11.4 Å². The molecule has 0 aliphatic heterocycles. The number of thioether (sulfide) groups is 1. The Hall–Kier alpha value is -3.10. The molecule has 0 aliphatic carbocycles. The van der Waals surface area contributed by atoms with Crippen LogP contribution in [0.3, 0.4) is 0 Å². The highest BCUT2D eigenvalue weighted by molar-refractivity contribution is 8.00. The number of hydrogen-bond acceptors (Lipinski definition) is 6. The van der Waals surface area contributed by atoms with E-state index in [0.29, 0.717) is 28.4 Å². The Labute approximate surface area is 182 Å². The monoisotopic (exact) mass is 440 g/mol. The number of nitrogens with one attached hydrogen (secondary N) is 2. The molecule has 3 rings (SSSR count). The van der Waals surface area contributed by atoms with E-state index in [4.69, 9.17) is 4.74 Å². The second-order valence-electron chi connectivity index (χ2n) is 6.09. The first kappa shape index (κ1) is 21.6. The van der Waals surface area contributed by atoms with E-state index < -0.39 is 5.97 Å². The summed E-state index contributed by atoms with van der Waals surface area (Å²) in [5.74, 6) is -0.507. The molecule has 154 valence electrons. The lowest BCUT2D eigenvalue weighted by atomic mass is 10.2. The summed E-state index contributed by atoms with van der Waals surface area (Å²) in [7, 11) is 0.